The molecule has 0 saturated heterocycles. The van der Waals surface area contributed by atoms with E-state index in [0.717, 1.165) is 25.8 Å². The van der Waals surface area contributed by atoms with Gasteiger partial charge >= 0.3 is 0 Å². The van der Waals surface area contributed by atoms with Crippen molar-refractivity contribution in [2.75, 3.05) is 20.2 Å². The van der Waals surface area contributed by atoms with Crippen LogP contribution < -0.4 is 20.1 Å². The molecule has 2 aliphatic rings. The molecule has 5 heteroatoms. The molecule has 2 N–H and O–H groups in total. The minimum absolute atomic E-state index is 0.101. The van der Waals surface area contributed by atoms with Crippen LogP contribution in [0.15, 0.2) is 42.5 Å². The summed E-state index contributed by atoms with van der Waals surface area (Å²) in [5, 5.41) is 6.55. The van der Waals surface area contributed by atoms with Crippen LogP contribution in [0.5, 0.6) is 11.5 Å². The molecule has 148 valence electrons. The smallest absolute Gasteiger partial charge is 0.251 e. The Morgan fingerprint density at radius 2 is 1.96 bits per heavy atom. The van der Waals surface area contributed by atoms with Gasteiger partial charge in [0, 0.05) is 18.2 Å². The van der Waals surface area contributed by atoms with Crippen molar-refractivity contribution in [1.29, 1.82) is 0 Å². The van der Waals surface area contributed by atoms with E-state index in [1.54, 1.807) is 13.2 Å². The summed E-state index contributed by atoms with van der Waals surface area (Å²) in [6.07, 6.45) is 5.88. The lowest BCUT2D eigenvalue weighted by Gasteiger charge is -2.27. The Bertz CT molecular complexity index is 830. The molecule has 0 aromatic heterocycles. The lowest BCUT2D eigenvalue weighted by atomic mass is 9.94. The topological polar surface area (TPSA) is 59.6 Å². The zero-order chi connectivity index (χ0) is 19.3. The molecule has 0 spiro atoms. The standard InChI is InChI=1S/C23H28N2O3/c1-27-22-14-17(10-11-21(22)28-18-7-3-4-8-18)23(26)25-15-20-19-9-5-2-6-16(19)12-13-24-20/h2,5-6,9-11,14,18,20,24H,3-4,7-8,12-13,15H2,1H3,(H,25,26). The van der Waals surface area contributed by atoms with E-state index < -0.39 is 0 Å². The Hall–Kier alpha value is -2.53. The Morgan fingerprint density at radius 3 is 2.79 bits per heavy atom. The number of fused-ring (bicyclic) bond motifs is 1. The summed E-state index contributed by atoms with van der Waals surface area (Å²) in [6, 6.07) is 14.0. The van der Waals surface area contributed by atoms with Crippen molar-refractivity contribution in [3.63, 3.8) is 0 Å². The molecule has 1 atom stereocenters. The van der Waals surface area contributed by atoms with Gasteiger partial charge in [0.15, 0.2) is 11.5 Å². The fraction of sp³-hybridized carbons (Fsp3) is 0.435. The molecule has 0 bridgehead atoms. The predicted molar refractivity (Wildman–Crippen MR) is 109 cm³/mol. The maximum absolute atomic E-state index is 12.7. The molecule has 4 rings (SSSR count). The van der Waals surface area contributed by atoms with Crippen LogP contribution in [0.25, 0.3) is 0 Å². The van der Waals surface area contributed by atoms with Crippen LogP contribution in [0.1, 0.15) is 53.2 Å². The monoisotopic (exact) mass is 380 g/mol. The van der Waals surface area contributed by atoms with Crippen LogP contribution in [-0.2, 0) is 6.42 Å². The predicted octanol–water partition coefficient (Wildman–Crippen LogP) is 3.63. The van der Waals surface area contributed by atoms with Gasteiger partial charge in [-0.25, -0.2) is 0 Å². The van der Waals surface area contributed by atoms with Crippen molar-refractivity contribution in [1.82, 2.24) is 10.6 Å². The molecule has 28 heavy (non-hydrogen) atoms. The highest BCUT2D eigenvalue weighted by molar-refractivity contribution is 5.94. The number of hydrogen-bond acceptors (Lipinski definition) is 4. The van der Waals surface area contributed by atoms with Gasteiger partial charge in [0.25, 0.3) is 5.91 Å². The first-order chi connectivity index (χ1) is 13.7. The zero-order valence-corrected chi connectivity index (χ0v) is 16.4. The molecule has 2 aromatic carbocycles. The molecule has 1 unspecified atom stereocenters. The number of amides is 1. The summed E-state index contributed by atoms with van der Waals surface area (Å²) >= 11 is 0. The van der Waals surface area contributed by atoms with Gasteiger partial charge < -0.3 is 20.1 Å². The van der Waals surface area contributed by atoms with Crippen LogP contribution >= 0.6 is 0 Å². The normalized spacial score (nSPS) is 19.1. The Balaban J connectivity index is 1.41. The first kappa shape index (κ1) is 18.8. The molecule has 1 heterocycles. The van der Waals surface area contributed by atoms with Crippen LogP contribution in [0.3, 0.4) is 0 Å². The summed E-state index contributed by atoms with van der Waals surface area (Å²) in [4.78, 5) is 12.7. The van der Waals surface area contributed by atoms with Crippen LogP contribution in [0, 0.1) is 0 Å². The van der Waals surface area contributed by atoms with E-state index in [1.165, 1.54) is 24.0 Å². The highest BCUT2D eigenvalue weighted by atomic mass is 16.5. The lowest BCUT2D eigenvalue weighted by Crippen LogP contribution is -2.38. The van der Waals surface area contributed by atoms with Crippen molar-refractivity contribution in [3.05, 3.63) is 59.2 Å². The number of carbonyl (C=O) groups excluding carboxylic acids is 1. The van der Waals surface area contributed by atoms with E-state index in [9.17, 15) is 4.79 Å². The Labute approximate surface area is 166 Å². The third-order valence-corrected chi connectivity index (χ3v) is 5.70. The van der Waals surface area contributed by atoms with Gasteiger partial charge in [0.05, 0.1) is 13.2 Å². The van der Waals surface area contributed by atoms with Gasteiger partial charge in [0.1, 0.15) is 0 Å². The van der Waals surface area contributed by atoms with Gasteiger partial charge in [0.2, 0.25) is 0 Å². The molecular formula is C23H28N2O3. The third kappa shape index (κ3) is 4.14. The molecule has 1 fully saturated rings. The summed E-state index contributed by atoms with van der Waals surface area (Å²) in [7, 11) is 1.61. The van der Waals surface area contributed by atoms with Crippen molar-refractivity contribution in [2.24, 2.45) is 0 Å². The number of nitrogens with one attached hydrogen (secondary N) is 2. The van der Waals surface area contributed by atoms with Gasteiger partial charge in [-0.2, -0.15) is 0 Å². The van der Waals surface area contributed by atoms with Crippen molar-refractivity contribution in [2.45, 2.75) is 44.2 Å². The summed E-state index contributed by atoms with van der Waals surface area (Å²) in [6.45, 7) is 1.48. The van der Waals surface area contributed by atoms with E-state index in [1.807, 2.05) is 12.1 Å². The first-order valence-corrected chi connectivity index (χ1v) is 10.2. The quantitative estimate of drug-likeness (QED) is 0.803. The van der Waals surface area contributed by atoms with Crippen LogP contribution in [-0.4, -0.2) is 32.2 Å². The van der Waals surface area contributed by atoms with Gasteiger partial charge in [-0.15, -0.1) is 0 Å². The molecule has 1 amide bonds. The third-order valence-electron chi connectivity index (χ3n) is 5.70. The van der Waals surface area contributed by atoms with Crippen molar-refractivity contribution < 1.29 is 14.3 Å². The number of benzene rings is 2. The number of ether oxygens (including phenoxy) is 2. The maximum Gasteiger partial charge on any atom is 0.251 e. The fourth-order valence-corrected chi connectivity index (χ4v) is 4.16. The van der Waals surface area contributed by atoms with Crippen molar-refractivity contribution in [3.8, 4) is 11.5 Å². The molecule has 1 aliphatic carbocycles. The van der Waals surface area contributed by atoms with E-state index >= 15 is 0 Å². The Kier molecular flexibility index (Phi) is 5.81. The van der Waals surface area contributed by atoms with E-state index in [4.69, 9.17) is 9.47 Å². The largest absolute Gasteiger partial charge is 0.493 e. The SMILES string of the molecule is COc1cc(C(=O)NCC2NCCc3ccccc32)ccc1OC1CCCC1. The van der Waals surface area contributed by atoms with Gasteiger partial charge in [-0.05, 0) is 68.0 Å². The second-order valence-corrected chi connectivity index (χ2v) is 7.56. The van der Waals surface area contributed by atoms with Crippen LogP contribution in [0.4, 0.5) is 0 Å². The molecule has 2 aromatic rings. The molecule has 1 aliphatic heterocycles. The Morgan fingerprint density at radius 1 is 1.14 bits per heavy atom. The number of methoxy groups -OCH3 is 1. The number of rotatable bonds is 6. The van der Waals surface area contributed by atoms with Gasteiger partial charge in [-0.3, -0.25) is 4.79 Å². The summed E-state index contributed by atoms with van der Waals surface area (Å²) in [5.74, 6) is 1.23. The minimum Gasteiger partial charge on any atom is -0.493 e. The molecular weight excluding hydrogens is 352 g/mol. The highest BCUT2D eigenvalue weighted by Gasteiger charge is 2.21. The van der Waals surface area contributed by atoms with E-state index in [0.29, 0.717) is 23.6 Å². The fourth-order valence-electron chi connectivity index (χ4n) is 4.16. The van der Waals surface area contributed by atoms with E-state index in [-0.39, 0.29) is 18.1 Å². The molecule has 0 radical (unpaired) electrons. The second kappa shape index (κ2) is 8.65. The zero-order valence-electron chi connectivity index (χ0n) is 16.4. The highest BCUT2D eigenvalue weighted by Crippen LogP contribution is 2.32. The second-order valence-electron chi connectivity index (χ2n) is 7.56. The summed E-state index contributed by atoms with van der Waals surface area (Å²) < 4.78 is 11.5. The average molecular weight is 380 g/mol. The van der Waals surface area contributed by atoms with E-state index in [2.05, 4.69) is 34.9 Å². The minimum atomic E-state index is -0.101. The number of carbonyl (C=O) groups is 1. The average Bonchev–Trinajstić information content (AvgIpc) is 3.25. The lowest BCUT2D eigenvalue weighted by molar-refractivity contribution is 0.0948. The van der Waals surface area contributed by atoms with Gasteiger partial charge in [-0.1, -0.05) is 24.3 Å². The maximum atomic E-state index is 12.7. The number of hydrogen-bond donors (Lipinski definition) is 2. The van der Waals surface area contributed by atoms with Crippen LogP contribution in [0.2, 0.25) is 0 Å². The molecule has 5 nitrogen and oxygen atoms in total. The van der Waals surface area contributed by atoms with Crippen molar-refractivity contribution >= 4 is 5.91 Å². The first-order valence-electron chi connectivity index (χ1n) is 10.2. The summed E-state index contributed by atoms with van der Waals surface area (Å²) in [5.41, 5.74) is 3.21. The molecule has 1 saturated carbocycles.